The molecular weight excluding hydrogens is 306 g/mol. The van der Waals surface area contributed by atoms with Gasteiger partial charge in [0.05, 0.1) is 13.2 Å². The van der Waals surface area contributed by atoms with Crippen molar-refractivity contribution in [2.45, 2.75) is 45.3 Å². The quantitative estimate of drug-likeness (QED) is 0.796. The van der Waals surface area contributed by atoms with Crippen LogP contribution in [-0.4, -0.2) is 48.7 Å². The van der Waals surface area contributed by atoms with E-state index in [1.165, 1.54) is 5.56 Å². The summed E-state index contributed by atoms with van der Waals surface area (Å²) in [6.07, 6.45) is 1.95. The van der Waals surface area contributed by atoms with E-state index in [4.69, 9.17) is 9.47 Å². The molecule has 0 bridgehead atoms. The fourth-order valence-electron chi connectivity index (χ4n) is 3.32. The molecule has 2 heterocycles. The van der Waals surface area contributed by atoms with Gasteiger partial charge in [-0.2, -0.15) is 0 Å². The molecule has 0 unspecified atom stereocenters. The second kappa shape index (κ2) is 7.03. The second-order valence-electron chi connectivity index (χ2n) is 6.71. The summed E-state index contributed by atoms with van der Waals surface area (Å²) in [6, 6.07) is 5.70. The lowest BCUT2D eigenvalue weighted by Crippen LogP contribution is -2.47. The molecule has 1 aromatic rings. The number of nitrogens with zero attached hydrogens (tertiary/aromatic N) is 1. The van der Waals surface area contributed by atoms with Gasteiger partial charge in [0, 0.05) is 44.3 Å². The molecular formula is C19H25NO4. The average Bonchev–Trinajstić information content (AvgIpc) is 3.03. The molecule has 5 nitrogen and oxygen atoms in total. The van der Waals surface area contributed by atoms with Crippen LogP contribution in [0.2, 0.25) is 0 Å². The van der Waals surface area contributed by atoms with Crippen LogP contribution in [-0.2, 0) is 14.3 Å². The van der Waals surface area contributed by atoms with E-state index in [0.29, 0.717) is 44.7 Å². The highest BCUT2D eigenvalue weighted by Gasteiger charge is 2.40. The number of piperidine rings is 1. The molecule has 2 fully saturated rings. The van der Waals surface area contributed by atoms with Crippen molar-refractivity contribution in [2.24, 2.45) is 0 Å². The first-order valence-corrected chi connectivity index (χ1v) is 8.65. The van der Waals surface area contributed by atoms with Crippen LogP contribution in [0.15, 0.2) is 18.2 Å². The number of aryl methyl sites for hydroxylation is 2. The van der Waals surface area contributed by atoms with E-state index in [0.717, 1.165) is 5.56 Å². The Kier molecular flexibility index (Phi) is 5.01. The Morgan fingerprint density at radius 2 is 1.71 bits per heavy atom. The van der Waals surface area contributed by atoms with Crippen LogP contribution in [0.3, 0.4) is 0 Å². The van der Waals surface area contributed by atoms with Crippen LogP contribution in [0.25, 0.3) is 0 Å². The van der Waals surface area contributed by atoms with E-state index in [2.05, 4.69) is 0 Å². The number of likely N-dealkylation sites (tertiary alicyclic amines) is 1. The van der Waals surface area contributed by atoms with Crippen molar-refractivity contribution in [3.8, 4) is 0 Å². The van der Waals surface area contributed by atoms with Crippen molar-refractivity contribution in [2.75, 3.05) is 26.3 Å². The van der Waals surface area contributed by atoms with Gasteiger partial charge in [-0.15, -0.1) is 0 Å². The lowest BCUT2D eigenvalue weighted by Gasteiger charge is -2.37. The number of Topliss-reactive ketones (excluding diaryl/α,β-unsaturated/α-hetero) is 1. The smallest absolute Gasteiger partial charge is 0.223 e. The number of rotatable bonds is 4. The van der Waals surface area contributed by atoms with Crippen LogP contribution in [0.5, 0.6) is 0 Å². The zero-order chi connectivity index (χ0) is 17.2. The highest BCUT2D eigenvalue weighted by atomic mass is 16.7. The van der Waals surface area contributed by atoms with Gasteiger partial charge in [0.2, 0.25) is 5.91 Å². The van der Waals surface area contributed by atoms with Crippen molar-refractivity contribution in [3.63, 3.8) is 0 Å². The standard InChI is InChI=1S/C19H25NO4/c1-14-3-4-16(13-15(14)2)17(21)5-6-18(22)20-9-7-19(8-10-20)23-11-12-24-19/h3-4,13H,5-12H2,1-2H3. The van der Waals surface area contributed by atoms with Crippen molar-refractivity contribution >= 4 is 11.7 Å². The minimum atomic E-state index is -0.466. The molecule has 1 spiro atoms. The highest BCUT2D eigenvalue weighted by Crippen LogP contribution is 2.31. The number of hydrogen-bond acceptors (Lipinski definition) is 4. The van der Waals surface area contributed by atoms with E-state index in [-0.39, 0.29) is 24.5 Å². The lowest BCUT2D eigenvalue weighted by molar-refractivity contribution is -0.187. The SMILES string of the molecule is Cc1ccc(C(=O)CCC(=O)N2CCC3(CC2)OCCO3)cc1C. The van der Waals surface area contributed by atoms with E-state index in [9.17, 15) is 9.59 Å². The van der Waals surface area contributed by atoms with E-state index in [1.807, 2.05) is 36.9 Å². The van der Waals surface area contributed by atoms with Crippen molar-refractivity contribution < 1.29 is 19.1 Å². The number of benzene rings is 1. The summed E-state index contributed by atoms with van der Waals surface area (Å²) in [7, 11) is 0. The van der Waals surface area contributed by atoms with E-state index in [1.54, 1.807) is 0 Å². The topological polar surface area (TPSA) is 55.8 Å². The van der Waals surface area contributed by atoms with Crippen LogP contribution in [0.4, 0.5) is 0 Å². The summed E-state index contributed by atoms with van der Waals surface area (Å²) in [5.41, 5.74) is 2.96. The number of carbonyl (C=O) groups is 2. The minimum absolute atomic E-state index is 0.0300. The predicted molar refractivity (Wildman–Crippen MR) is 89.9 cm³/mol. The van der Waals surface area contributed by atoms with Gasteiger partial charge in [-0.25, -0.2) is 0 Å². The molecule has 0 aromatic heterocycles. The van der Waals surface area contributed by atoms with Gasteiger partial charge in [-0.3, -0.25) is 9.59 Å². The molecule has 2 aliphatic heterocycles. The molecule has 0 atom stereocenters. The molecule has 0 radical (unpaired) electrons. The number of carbonyl (C=O) groups excluding carboxylic acids is 2. The Bertz CT molecular complexity index is 624. The fourth-order valence-corrected chi connectivity index (χ4v) is 3.32. The molecule has 1 aromatic carbocycles. The van der Waals surface area contributed by atoms with Gasteiger partial charge in [-0.1, -0.05) is 12.1 Å². The van der Waals surface area contributed by atoms with E-state index < -0.39 is 5.79 Å². The predicted octanol–water partition coefficient (Wildman–Crippen LogP) is 2.63. The van der Waals surface area contributed by atoms with Crippen LogP contribution in [0.1, 0.15) is 47.2 Å². The van der Waals surface area contributed by atoms with Gasteiger partial charge in [0.25, 0.3) is 0 Å². The first kappa shape index (κ1) is 17.1. The van der Waals surface area contributed by atoms with Gasteiger partial charge in [0.1, 0.15) is 0 Å². The molecule has 0 saturated carbocycles. The third-order valence-electron chi connectivity index (χ3n) is 5.09. The molecule has 5 heteroatoms. The number of amides is 1. The van der Waals surface area contributed by atoms with Crippen LogP contribution >= 0.6 is 0 Å². The van der Waals surface area contributed by atoms with Crippen LogP contribution < -0.4 is 0 Å². The molecule has 24 heavy (non-hydrogen) atoms. The highest BCUT2D eigenvalue weighted by molar-refractivity contribution is 5.98. The molecule has 3 rings (SSSR count). The zero-order valence-electron chi connectivity index (χ0n) is 14.5. The number of hydrogen-bond donors (Lipinski definition) is 0. The summed E-state index contributed by atoms with van der Waals surface area (Å²) in [5.74, 6) is -0.395. The fraction of sp³-hybridized carbons (Fsp3) is 0.579. The van der Waals surface area contributed by atoms with Gasteiger partial charge >= 0.3 is 0 Å². The summed E-state index contributed by atoms with van der Waals surface area (Å²) < 4.78 is 11.3. The first-order valence-electron chi connectivity index (χ1n) is 8.65. The normalized spacial score (nSPS) is 19.7. The largest absolute Gasteiger partial charge is 0.347 e. The Hall–Kier alpha value is -1.72. The average molecular weight is 331 g/mol. The summed E-state index contributed by atoms with van der Waals surface area (Å²) >= 11 is 0. The zero-order valence-corrected chi connectivity index (χ0v) is 14.5. The molecule has 2 saturated heterocycles. The summed E-state index contributed by atoms with van der Waals surface area (Å²) in [4.78, 5) is 26.5. The van der Waals surface area contributed by atoms with Crippen molar-refractivity contribution in [3.05, 3.63) is 34.9 Å². The van der Waals surface area contributed by atoms with E-state index >= 15 is 0 Å². The number of ketones is 1. The maximum absolute atomic E-state index is 12.4. The molecule has 0 aliphatic carbocycles. The lowest BCUT2D eigenvalue weighted by atomic mass is 10.00. The van der Waals surface area contributed by atoms with Crippen molar-refractivity contribution in [1.29, 1.82) is 0 Å². The van der Waals surface area contributed by atoms with Crippen molar-refractivity contribution in [1.82, 2.24) is 4.90 Å². The Balaban J connectivity index is 1.48. The second-order valence-corrected chi connectivity index (χ2v) is 6.71. The third kappa shape index (κ3) is 3.68. The van der Waals surface area contributed by atoms with Gasteiger partial charge in [0.15, 0.2) is 11.6 Å². The minimum Gasteiger partial charge on any atom is -0.347 e. The third-order valence-corrected chi connectivity index (χ3v) is 5.09. The maximum atomic E-state index is 12.4. The molecule has 1 amide bonds. The van der Waals surface area contributed by atoms with Crippen LogP contribution in [0, 0.1) is 13.8 Å². The number of ether oxygens (including phenoxy) is 2. The van der Waals surface area contributed by atoms with Gasteiger partial charge in [-0.05, 0) is 31.0 Å². The summed E-state index contributed by atoms with van der Waals surface area (Å²) in [6.45, 7) is 6.56. The molecule has 2 aliphatic rings. The van der Waals surface area contributed by atoms with Gasteiger partial charge < -0.3 is 14.4 Å². The Labute approximate surface area is 142 Å². The molecule has 130 valence electrons. The first-order chi connectivity index (χ1) is 11.5. The Morgan fingerprint density at radius 1 is 1.04 bits per heavy atom. The Morgan fingerprint density at radius 3 is 2.33 bits per heavy atom. The maximum Gasteiger partial charge on any atom is 0.223 e. The molecule has 0 N–H and O–H groups in total. The monoisotopic (exact) mass is 331 g/mol. The summed E-state index contributed by atoms with van der Waals surface area (Å²) in [5, 5.41) is 0.